The van der Waals surface area contributed by atoms with Crippen LogP contribution in [0.1, 0.15) is 226 Å². The average molecular weight is 745 g/mol. The van der Waals surface area contributed by atoms with Gasteiger partial charge in [-0.25, -0.2) is 0 Å². The average Bonchev–Trinajstić information content (AvgIpc) is 3.15. The smallest absolute Gasteiger partial charge is 0.306 e. The molecule has 0 radical (unpaired) electrons. The maximum absolute atomic E-state index is 12.6. The molecule has 308 valence electrons. The lowest BCUT2D eigenvalue weighted by molar-refractivity contribution is -0.167. The van der Waals surface area contributed by atoms with E-state index < -0.39 is 6.10 Å². The highest BCUT2D eigenvalue weighted by atomic mass is 16.6. The molecule has 0 saturated carbocycles. The third kappa shape index (κ3) is 40.6. The molecule has 0 aliphatic rings. The first-order valence-corrected chi connectivity index (χ1v) is 22.5. The van der Waals surface area contributed by atoms with E-state index in [2.05, 4.69) is 57.2 Å². The number of carbonyl (C=O) groups is 3. The van der Waals surface area contributed by atoms with Crippen molar-refractivity contribution < 1.29 is 28.6 Å². The standard InChI is InChI=1S/C47H84O6/c1-4-7-10-13-16-19-20-21-22-23-24-25-26-29-31-34-37-40-46(49)52-43-44(53-47(50)41-38-35-32-28-18-15-12-9-6-3)42-51-45(48)39-36-33-30-27-17-14-11-8-5-2/h21-22,27-28,30,32,44H,4-20,23-26,29,31,33-43H2,1-3H3/b22-21-,30-27-,32-28-. The summed E-state index contributed by atoms with van der Waals surface area (Å²) in [6.07, 6.45) is 47.2. The molecule has 1 atom stereocenters. The minimum absolute atomic E-state index is 0.0936. The van der Waals surface area contributed by atoms with E-state index in [9.17, 15) is 14.4 Å². The fourth-order valence-electron chi connectivity index (χ4n) is 6.15. The Bertz CT molecular complexity index is 907. The first-order chi connectivity index (χ1) is 26.0. The van der Waals surface area contributed by atoms with Crippen molar-refractivity contribution in [2.24, 2.45) is 0 Å². The second-order valence-corrected chi connectivity index (χ2v) is 14.9. The number of carbonyl (C=O) groups excluding carboxylic acids is 3. The zero-order chi connectivity index (χ0) is 38.7. The van der Waals surface area contributed by atoms with Crippen molar-refractivity contribution in [3.8, 4) is 0 Å². The summed E-state index contributed by atoms with van der Waals surface area (Å²) in [5, 5.41) is 0. The van der Waals surface area contributed by atoms with Crippen LogP contribution < -0.4 is 0 Å². The van der Waals surface area contributed by atoms with Crippen LogP contribution in [0, 0.1) is 0 Å². The molecule has 0 aliphatic carbocycles. The summed E-state index contributed by atoms with van der Waals surface area (Å²) in [5.74, 6) is -0.972. The molecule has 0 N–H and O–H groups in total. The molecular formula is C47H84O6. The van der Waals surface area contributed by atoms with Crippen molar-refractivity contribution in [1.29, 1.82) is 0 Å². The molecule has 0 rings (SSSR count). The van der Waals surface area contributed by atoms with Crippen molar-refractivity contribution in [2.75, 3.05) is 13.2 Å². The summed E-state index contributed by atoms with van der Waals surface area (Å²) < 4.78 is 16.6. The number of esters is 3. The van der Waals surface area contributed by atoms with Gasteiger partial charge in [0.15, 0.2) is 6.10 Å². The van der Waals surface area contributed by atoms with E-state index >= 15 is 0 Å². The second-order valence-electron chi connectivity index (χ2n) is 14.9. The minimum Gasteiger partial charge on any atom is -0.462 e. The normalized spacial score (nSPS) is 12.3. The number of hydrogen-bond donors (Lipinski definition) is 0. The molecular weight excluding hydrogens is 661 g/mol. The summed E-state index contributed by atoms with van der Waals surface area (Å²) in [6.45, 7) is 6.50. The summed E-state index contributed by atoms with van der Waals surface area (Å²) in [4.78, 5) is 37.5. The van der Waals surface area contributed by atoms with E-state index in [4.69, 9.17) is 14.2 Å². The van der Waals surface area contributed by atoms with Crippen LogP contribution >= 0.6 is 0 Å². The molecule has 0 spiro atoms. The van der Waals surface area contributed by atoms with Crippen LogP contribution in [0.3, 0.4) is 0 Å². The van der Waals surface area contributed by atoms with Gasteiger partial charge in [0.2, 0.25) is 0 Å². The number of hydrogen-bond acceptors (Lipinski definition) is 6. The van der Waals surface area contributed by atoms with Gasteiger partial charge in [0.05, 0.1) is 0 Å². The molecule has 53 heavy (non-hydrogen) atoms. The maximum Gasteiger partial charge on any atom is 0.306 e. The molecule has 0 heterocycles. The molecule has 1 unspecified atom stereocenters. The Balaban J connectivity index is 4.32. The first-order valence-electron chi connectivity index (χ1n) is 22.5. The van der Waals surface area contributed by atoms with Gasteiger partial charge in [-0.3, -0.25) is 14.4 Å². The van der Waals surface area contributed by atoms with Crippen LogP contribution in [0.15, 0.2) is 36.5 Å². The molecule has 0 aromatic carbocycles. The van der Waals surface area contributed by atoms with E-state index in [-0.39, 0.29) is 37.5 Å². The second kappa shape index (κ2) is 42.4. The molecule has 0 aromatic rings. The van der Waals surface area contributed by atoms with Crippen molar-refractivity contribution in [2.45, 2.75) is 232 Å². The van der Waals surface area contributed by atoms with Crippen molar-refractivity contribution in [3.05, 3.63) is 36.5 Å². The van der Waals surface area contributed by atoms with Crippen LogP contribution in [-0.2, 0) is 28.6 Å². The third-order valence-corrected chi connectivity index (χ3v) is 9.59. The number of allylic oxidation sites excluding steroid dienone is 6. The monoisotopic (exact) mass is 745 g/mol. The molecule has 6 heteroatoms. The lowest BCUT2D eigenvalue weighted by Gasteiger charge is -2.18. The highest BCUT2D eigenvalue weighted by Crippen LogP contribution is 2.13. The zero-order valence-electron chi connectivity index (χ0n) is 35.0. The Morgan fingerprint density at radius 3 is 1.04 bits per heavy atom. The molecule has 0 aromatic heterocycles. The Morgan fingerprint density at radius 1 is 0.358 bits per heavy atom. The van der Waals surface area contributed by atoms with Gasteiger partial charge < -0.3 is 14.2 Å². The van der Waals surface area contributed by atoms with Gasteiger partial charge in [-0.05, 0) is 83.5 Å². The van der Waals surface area contributed by atoms with Crippen molar-refractivity contribution in [3.63, 3.8) is 0 Å². The van der Waals surface area contributed by atoms with Crippen molar-refractivity contribution >= 4 is 17.9 Å². The number of ether oxygens (including phenoxy) is 3. The fourth-order valence-corrected chi connectivity index (χ4v) is 6.15. The van der Waals surface area contributed by atoms with Gasteiger partial charge in [0.1, 0.15) is 13.2 Å². The van der Waals surface area contributed by atoms with Crippen LogP contribution in [-0.4, -0.2) is 37.2 Å². The fraction of sp³-hybridized carbons (Fsp3) is 0.809. The molecule has 0 saturated heterocycles. The topological polar surface area (TPSA) is 78.9 Å². The Labute approximate surface area is 327 Å². The Morgan fingerprint density at radius 2 is 0.642 bits per heavy atom. The molecule has 0 amide bonds. The zero-order valence-corrected chi connectivity index (χ0v) is 35.0. The van der Waals surface area contributed by atoms with Gasteiger partial charge in [0.25, 0.3) is 0 Å². The van der Waals surface area contributed by atoms with E-state index in [0.29, 0.717) is 25.7 Å². The highest BCUT2D eigenvalue weighted by molar-refractivity contribution is 5.71. The first kappa shape index (κ1) is 50.6. The predicted octanol–water partition coefficient (Wildman–Crippen LogP) is 14.2. The molecule has 0 fully saturated rings. The van der Waals surface area contributed by atoms with Crippen molar-refractivity contribution in [1.82, 2.24) is 0 Å². The molecule has 0 aliphatic heterocycles. The SMILES string of the molecule is CCCCCC/C=C\CCCC(=O)OCC(COC(=O)CCCCCCCCC/C=C\CCCCCCCC)OC(=O)CCC/C=C\CCCCCC. The van der Waals surface area contributed by atoms with E-state index in [1.54, 1.807) is 0 Å². The van der Waals surface area contributed by atoms with Gasteiger partial charge in [-0.15, -0.1) is 0 Å². The van der Waals surface area contributed by atoms with E-state index in [1.165, 1.54) is 128 Å². The Kier molecular flexibility index (Phi) is 40.5. The van der Waals surface area contributed by atoms with E-state index in [0.717, 1.165) is 44.9 Å². The van der Waals surface area contributed by atoms with Gasteiger partial charge in [0, 0.05) is 19.3 Å². The summed E-state index contributed by atoms with van der Waals surface area (Å²) in [6, 6.07) is 0. The molecule has 6 nitrogen and oxygen atoms in total. The van der Waals surface area contributed by atoms with Gasteiger partial charge in [-0.1, -0.05) is 160 Å². The highest BCUT2D eigenvalue weighted by Gasteiger charge is 2.19. The number of unbranched alkanes of at least 4 members (excludes halogenated alkanes) is 23. The quantitative estimate of drug-likeness (QED) is 0.0269. The van der Waals surface area contributed by atoms with E-state index in [1.807, 2.05) is 0 Å². The molecule has 0 bridgehead atoms. The van der Waals surface area contributed by atoms with Crippen LogP contribution in [0.2, 0.25) is 0 Å². The predicted molar refractivity (Wildman–Crippen MR) is 224 cm³/mol. The maximum atomic E-state index is 12.6. The lowest BCUT2D eigenvalue weighted by atomic mass is 10.1. The lowest BCUT2D eigenvalue weighted by Crippen LogP contribution is -2.30. The van der Waals surface area contributed by atoms with Gasteiger partial charge in [-0.2, -0.15) is 0 Å². The van der Waals surface area contributed by atoms with Gasteiger partial charge >= 0.3 is 17.9 Å². The number of rotatable bonds is 40. The van der Waals surface area contributed by atoms with Crippen LogP contribution in [0.4, 0.5) is 0 Å². The Hall–Kier alpha value is -2.37. The summed E-state index contributed by atoms with van der Waals surface area (Å²) >= 11 is 0. The summed E-state index contributed by atoms with van der Waals surface area (Å²) in [7, 11) is 0. The van der Waals surface area contributed by atoms with Crippen LogP contribution in [0.5, 0.6) is 0 Å². The largest absolute Gasteiger partial charge is 0.462 e. The summed E-state index contributed by atoms with van der Waals surface area (Å²) in [5.41, 5.74) is 0. The minimum atomic E-state index is -0.794. The van der Waals surface area contributed by atoms with Crippen LogP contribution in [0.25, 0.3) is 0 Å². The third-order valence-electron chi connectivity index (χ3n) is 9.59.